The first-order valence-corrected chi connectivity index (χ1v) is 8.92. The average molecular weight is 352 g/mol. The molecule has 1 aliphatic heterocycles. The summed E-state index contributed by atoms with van der Waals surface area (Å²) in [6.45, 7) is 2.94. The van der Waals surface area contributed by atoms with Crippen LogP contribution in [0.3, 0.4) is 0 Å². The van der Waals surface area contributed by atoms with Crippen LogP contribution in [0.25, 0.3) is 0 Å². The van der Waals surface area contributed by atoms with E-state index < -0.39 is 6.04 Å². The molecule has 0 bridgehead atoms. The highest BCUT2D eigenvalue weighted by Crippen LogP contribution is 2.31. The van der Waals surface area contributed by atoms with Gasteiger partial charge in [-0.3, -0.25) is 9.59 Å². The van der Waals surface area contributed by atoms with Gasteiger partial charge in [-0.15, -0.1) is 0 Å². The molecule has 1 heterocycles. The second kappa shape index (κ2) is 8.04. The van der Waals surface area contributed by atoms with Crippen molar-refractivity contribution in [1.29, 1.82) is 0 Å². The maximum absolute atomic E-state index is 13.0. The number of methoxy groups -OCH3 is 1. The highest BCUT2D eigenvalue weighted by Gasteiger charge is 2.36. The number of nitrogens with zero attached hydrogens (tertiary/aromatic N) is 1. The number of para-hydroxylation sites is 1. The first kappa shape index (κ1) is 18.0. The number of fused-ring (bicyclic) bond motifs is 1. The summed E-state index contributed by atoms with van der Waals surface area (Å²) in [6, 6.07) is 14.7. The summed E-state index contributed by atoms with van der Waals surface area (Å²) in [6.07, 6.45) is 1.16. The highest BCUT2D eigenvalue weighted by atomic mass is 16.5. The molecule has 1 aliphatic rings. The van der Waals surface area contributed by atoms with E-state index in [0.29, 0.717) is 19.5 Å². The van der Waals surface area contributed by atoms with Gasteiger partial charge >= 0.3 is 0 Å². The van der Waals surface area contributed by atoms with Gasteiger partial charge < -0.3 is 15.0 Å². The molecule has 26 heavy (non-hydrogen) atoms. The van der Waals surface area contributed by atoms with E-state index >= 15 is 0 Å². The SMILES string of the molecule is CCCN1C(=O)Cc2ccccc2[C@@H]1C(=O)NCc1ccccc1OC. The van der Waals surface area contributed by atoms with Crippen molar-refractivity contribution in [2.24, 2.45) is 0 Å². The highest BCUT2D eigenvalue weighted by molar-refractivity contribution is 5.92. The zero-order chi connectivity index (χ0) is 18.5. The second-order valence-corrected chi connectivity index (χ2v) is 6.39. The molecule has 1 N–H and O–H groups in total. The lowest BCUT2D eigenvalue weighted by atomic mass is 9.91. The van der Waals surface area contributed by atoms with Gasteiger partial charge in [0.25, 0.3) is 0 Å². The first-order valence-electron chi connectivity index (χ1n) is 8.92. The molecule has 0 aromatic heterocycles. The van der Waals surface area contributed by atoms with Gasteiger partial charge in [-0.1, -0.05) is 49.4 Å². The molecule has 0 radical (unpaired) electrons. The van der Waals surface area contributed by atoms with Crippen LogP contribution in [0.4, 0.5) is 0 Å². The largest absolute Gasteiger partial charge is 0.496 e. The summed E-state index contributed by atoms with van der Waals surface area (Å²) in [5.41, 5.74) is 2.75. The van der Waals surface area contributed by atoms with Crippen LogP contribution in [0.15, 0.2) is 48.5 Å². The molecule has 2 aromatic carbocycles. The van der Waals surface area contributed by atoms with Gasteiger partial charge in [0.2, 0.25) is 11.8 Å². The Labute approximate surface area is 154 Å². The maximum Gasteiger partial charge on any atom is 0.247 e. The molecule has 0 saturated heterocycles. The molecule has 136 valence electrons. The normalized spacial score (nSPS) is 16.2. The fourth-order valence-electron chi connectivity index (χ4n) is 3.44. The van der Waals surface area contributed by atoms with Gasteiger partial charge in [0.1, 0.15) is 11.8 Å². The van der Waals surface area contributed by atoms with Crippen LogP contribution in [0.1, 0.15) is 36.1 Å². The van der Waals surface area contributed by atoms with Crippen molar-refractivity contribution in [3.05, 3.63) is 65.2 Å². The Morgan fingerprint density at radius 3 is 2.69 bits per heavy atom. The van der Waals surface area contributed by atoms with Gasteiger partial charge in [0.15, 0.2) is 0 Å². The van der Waals surface area contributed by atoms with Gasteiger partial charge in [0.05, 0.1) is 13.5 Å². The Hall–Kier alpha value is -2.82. The third kappa shape index (κ3) is 3.57. The van der Waals surface area contributed by atoms with E-state index in [0.717, 1.165) is 28.9 Å². The minimum absolute atomic E-state index is 0.00277. The van der Waals surface area contributed by atoms with Crippen LogP contribution in [0, 0.1) is 0 Å². The van der Waals surface area contributed by atoms with Gasteiger partial charge in [0, 0.05) is 18.7 Å². The summed E-state index contributed by atoms with van der Waals surface area (Å²) >= 11 is 0. The molecule has 0 aliphatic carbocycles. The molecular formula is C21H24N2O3. The predicted molar refractivity (Wildman–Crippen MR) is 99.7 cm³/mol. The van der Waals surface area contributed by atoms with E-state index in [1.54, 1.807) is 12.0 Å². The van der Waals surface area contributed by atoms with Crippen LogP contribution in [0.2, 0.25) is 0 Å². The van der Waals surface area contributed by atoms with Crippen LogP contribution < -0.4 is 10.1 Å². The molecule has 0 spiro atoms. The van der Waals surface area contributed by atoms with E-state index in [9.17, 15) is 9.59 Å². The van der Waals surface area contributed by atoms with Crippen molar-refractivity contribution < 1.29 is 14.3 Å². The monoisotopic (exact) mass is 352 g/mol. The number of carbonyl (C=O) groups is 2. The molecule has 3 rings (SSSR count). The van der Waals surface area contributed by atoms with Crippen LogP contribution >= 0.6 is 0 Å². The molecule has 0 fully saturated rings. The van der Waals surface area contributed by atoms with Gasteiger partial charge in [-0.2, -0.15) is 0 Å². The summed E-state index contributed by atoms with van der Waals surface area (Å²) in [4.78, 5) is 27.3. The topological polar surface area (TPSA) is 58.6 Å². The average Bonchev–Trinajstić information content (AvgIpc) is 2.67. The van der Waals surface area contributed by atoms with Crippen molar-refractivity contribution in [2.45, 2.75) is 32.4 Å². The predicted octanol–water partition coefficient (Wildman–Crippen LogP) is 2.85. The summed E-state index contributed by atoms with van der Waals surface area (Å²) in [5.74, 6) is 0.575. The molecule has 5 heteroatoms. The lowest BCUT2D eigenvalue weighted by Crippen LogP contribution is -2.47. The van der Waals surface area contributed by atoms with E-state index in [4.69, 9.17) is 4.74 Å². The Morgan fingerprint density at radius 1 is 1.19 bits per heavy atom. The Bertz CT molecular complexity index is 803. The van der Waals surface area contributed by atoms with E-state index in [1.807, 2.05) is 55.5 Å². The van der Waals surface area contributed by atoms with E-state index in [-0.39, 0.29) is 11.8 Å². The summed E-state index contributed by atoms with van der Waals surface area (Å²) < 4.78 is 5.34. The lowest BCUT2D eigenvalue weighted by Gasteiger charge is -2.36. The number of ether oxygens (including phenoxy) is 1. The number of hydrogen-bond acceptors (Lipinski definition) is 3. The van der Waals surface area contributed by atoms with Crippen molar-refractivity contribution in [3.63, 3.8) is 0 Å². The molecule has 0 unspecified atom stereocenters. The zero-order valence-electron chi connectivity index (χ0n) is 15.2. The Balaban J connectivity index is 1.84. The fourth-order valence-corrected chi connectivity index (χ4v) is 3.44. The maximum atomic E-state index is 13.0. The molecule has 1 atom stereocenters. The standard InChI is InChI=1S/C21H24N2O3/c1-3-12-23-19(24)13-15-8-4-6-10-17(15)20(23)21(25)22-14-16-9-5-7-11-18(16)26-2/h4-11,20H,3,12-14H2,1-2H3,(H,22,25)/t20-/m1/s1. The minimum Gasteiger partial charge on any atom is -0.496 e. The quantitative estimate of drug-likeness (QED) is 0.870. The molecule has 0 saturated carbocycles. The lowest BCUT2D eigenvalue weighted by molar-refractivity contribution is -0.141. The molecule has 2 aromatic rings. The van der Waals surface area contributed by atoms with Crippen LogP contribution in [-0.4, -0.2) is 30.4 Å². The minimum atomic E-state index is -0.581. The third-order valence-corrected chi connectivity index (χ3v) is 4.68. The molecule has 2 amide bonds. The smallest absolute Gasteiger partial charge is 0.247 e. The third-order valence-electron chi connectivity index (χ3n) is 4.68. The number of rotatable bonds is 6. The summed E-state index contributed by atoms with van der Waals surface area (Å²) in [7, 11) is 1.61. The molecule has 5 nitrogen and oxygen atoms in total. The van der Waals surface area contributed by atoms with Crippen molar-refractivity contribution >= 4 is 11.8 Å². The molecular weight excluding hydrogens is 328 g/mol. The van der Waals surface area contributed by atoms with E-state index in [1.165, 1.54) is 0 Å². The number of amides is 2. The summed E-state index contributed by atoms with van der Waals surface area (Å²) in [5, 5.41) is 2.98. The van der Waals surface area contributed by atoms with Gasteiger partial charge in [-0.25, -0.2) is 0 Å². The number of nitrogens with one attached hydrogen (secondary N) is 1. The number of hydrogen-bond donors (Lipinski definition) is 1. The Morgan fingerprint density at radius 2 is 1.92 bits per heavy atom. The number of benzene rings is 2. The van der Waals surface area contributed by atoms with Gasteiger partial charge in [-0.05, 0) is 23.6 Å². The van der Waals surface area contributed by atoms with Crippen LogP contribution in [0.5, 0.6) is 5.75 Å². The van der Waals surface area contributed by atoms with Crippen molar-refractivity contribution in [2.75, 3.05) is 13.7 Å². The Kier molecular flexibility index (Phi) is 5.56. The van der Waals surface area contributed by atoms with E-state index in [2.05, 4.69) is 5.32 Å². The van der Waals surface area contributed by atoms with Crippen molar-refractivity contribution in [3.8, 4) is 5.75 Å². The number of carbonyl (C=O) groups excluding carboxylic acids is 2. The van der Waals surface area contributed by atoms with Crippen molar-refractivity contribution in [1.82, 2.24) is 10.2 Å². The zero-order valence-corrected chi connectivity index (χ0v) is 15.2. The first-order chi connectivity index (χ1) is 12.7. The fraction of sp³-hybridized carbons (Fsp3) is 0.333. The second-order valence-electron chi connectivity index (χ2n) is 6.39. The van der Waals surface area contributed by atoms with Crippen LogP contribution in [-0.2, 0) is 22.6 Å².